The molecule has 0 N–H and O–H groups in total. The van der Waals surface area contributed by atoms with Gasteiger partial charge in [0.25, 0.3) is 0 Å². The Hall–Kier alpha value is -3.53. The number of carbonyl (C=O) groups excluding carboxylic acids is 3. The molecule has 9 heteroatoms. The molecule has 0 aromatic rings. The largest absolute Gasteiger partial charge is 0.545 e. The van der Waals surface area contributed by atoms with Crippen molar-refractivity contribution < 1.29 is 42.9 Å². The summed E-state index contributed by atoms with van der Waals surface area (Å²) in [6.07, 6.45) is 86.7. The Morgan fingerprint density at radius 3 is 1.00 bits per heavy atom. The Bertz CT molecular complexity index is 1670. The molecule has 2 atom stereocenters. The van der Waals surface area contributed by atoms with Crippen LogP contribution < -0.4 is 5.11 Å². The summed E-state index contributed by atoms with van der Waals surface area (Å²) in [5, 5.41) is 11.8. The second kappa shape index (κ2) is 66.4. The van der Waals surface area contributed by atoms with E-state index in [0.29, 0.717) is 23.9 Å². The Morgan fingerprint density at radius 1 is 0.365 bits per heavy atom. The van der Waals surface area contributed by atoms with Crippen LogP contribution in [0.15, 0.2) is 85.1 Å². The lowest BCUT2D eigenvalue weighted by molar-refractivity contribution is -0.870. The maximum atomic E-state index is 12.9. The van der Waals surface area contributed by atoms with Gasteiger partial charge in [0.05, 0.1) is 40.3 Å². The molecule has 492 valence electrons. The molecule has 0 aromatic carbocycles. The third-order valence-corrected chi connectivity index (χ3v) is 15.6. The van der Waals surface area contributed by atoms with Gasteiger partial charge in [-0.05, 0) is 89.9 Å². The highest BCUT2D eigenvalue weighted by molar-refractivity contribution is 5.70. The number of carboxylic acids is 1. The van der Waals surface area contributed by atoms with E-state index >= 15 is 0 Å². The van der Waals surface area contributed by atoms with Crippen molar-refractivity contribution in [3.8, 4) is 0 Å². The van der Waals surface area contributed by atoms with Gasteiger partial charge < -0.3 is 33.3 Å². The van der Waals surface area contributed by atoms with Crippen LogP contribution >= 0.6 is 0 Å². The average molecular weight is 1190 g/mol. The van der Waals surface area contributed by atoms with Crippen molar-refractivity contribution in [2.75, 3.05) is 47.5 Å². The van der Waals surface area contributed by atoms with Gasteiger partial charge in [-0.15, -0.1) is 0 Å². The zero-order valence-electron chi connectivity index (χ0n) is 56.2. The SMILES string of the molecule is CC/C=C\C/C=C\C/C=C\C/C=C\C/C=C\CCCCCCCCCCCCCCCCCCCCCCCC(=O)OC(COC(=O)CCCCCCCCCCCCC/C=C\C/C=C\CCCCCCC)COC(OCC[N+](C)(C)C)C(=O)[O-]. The molecular formula is C76H135NO8. The predicted molar refractivity (Wildman–Crippen MR) is 361 cm³/mol. The van der Waals surface area contributed by atoms with Crippen LogP contribution in [0.4, 0.5) is 0 Å². The zero-order valence-corrected chi connectivity index (χ0v) is 56.2. The van der Waals surface area contributed by atoms with Crippen LogP contribution in [0, 0.1) is 0 Å². The number of quaternary nitrogens is 1. The fourth-order valence-corrected chi connectivity index (χ4v) is 10.2. The first-order valence-electron chi connectivity index (χ1n) is 35.7. The maximum Gasteiger partial charge on any atom is 0.306 e. The molecule has 0 aliphatic heterocycles. The number of unbranched alkanes of at least 4 members (excludes halogenated alkanes) is 37. The van der Waals surface area contributed by atoms with E-state index in [-0.39, 0.29) is 32.2 Å². The van der Waals surface area contributed by atoms with E-state index in [0.717, 1.165) is 70.6 Å². The molecule has 0 radical (unpaired) electrons. The number of carboxylic acid groups (broad SMARTS) is 1. The van der Waals surface area contributed by atoms with E-state index in [4.69, 9.17) is 18.9 Å². The molecule has 0 aliphatic carbocycles. The smallest absolute Gasteiger partial charge is 0.306 e. The highest BCUT2D eigenvalue weighted by atomic mass is 16.7. The monoisotopic (exact) mass is 1190 g/mol. The normalized spacial score (nSPS) is 13.2. The van der Waals surface area contributed by atoms with Gasteiger partial charge >= 0.3 is 11.9 Å². The molecule has 0 fully saturated rings. The van der Waals surface area contributed by atoms with Gasteiger partial charge in [-0.2, -0.15) is 0 Å². The summed E-state index contributed by atoms with van der Waals surface area (Å²) >= 11 is 0. The zero-order chi connectivity index (χ0) is 61.9. The minimum Gasteiger partial charge on any atom is -0.545 e. The van der Waals surface area contributed by atoms with E-state index < -0.39 is 24.3 Å². The van der Waals surface area contributed by atoms with Gasteiger partial charge in [-0.25, -0.2) is 0 Å². The van der Waals surface area contributed by atoms with Gasteiger partial charge in [-0.3, -0.25) is 9.59 Å². The van der Waals surface area contributed by atoms with Crippen LogP contribution in [0.2, 0.25) is 0 Å². The number of hydrogen-bond donors (Lipinski definition) is 0. The molecule has 0 saturated heterocycles. The molecule has 0 saturated carbocycles. The van der Waals surface area contributed by atoms with Gasteiger partial charge in [0, 0.05) is 12.8 Å². The summed E-state index contributed by atoms with van der Waals surface area (Å²) in [5.41, 5.74) is 0. The lowest BCUT2D eigenvalue weighted by Crippen LogP contribution is -2.44. The lowest BCUT2D eigenvalue weighted by atomic mass is 10.0. The van der Waals surface area contributed by atoms with E-state index in [1.807, 2.05) is 21.1 Å². The van der Waals surface area contributed by atoms with Crippen molar-refractivity contribution in [2.45, 2.75) is 334 Å². The van der Waals surface area contributed by atoms with Crippen molar-refractivity contribution in [2.24, 2.45) is 0 Å². The summed E-state index contributed by atoms with van der Waals surface area (Å²) in [6, 6.07) is 0. The van der Waals surface area contributed by atoms with Crippen molar-refractivity contribution in [3.05, 3.63) is 85.1 Å². The lowest BCUT2D eigenvalue weighted by Gasteiger charge is -2.26. The highest BCUT2D eigenvalue weighted by Gasteiger charge is 2.22. The van der Waals surface area contributed by atoms with Gasteiger partial charge in [0.1, 0.15) is 13.2 Å². The van der Waals surface area contributed by atoms with E-state index in [2.05, 4.69) is 98.9 Å². The van der Waals surface area contributed by atoms with Crippen molar-refractivity contribution >= 4 is 17.9 Å². The van der Waals surface area contributed by atoms with Gasteiger partial charge in [-0.1, -0.05) is 304 Å². The second-order valence-electron chi connectivity index (χ2n) is 25.1. The Kier molecular flexibility index (Phi) is 63.7. The first-order valence-corrected chi connectivity index (χ1v) is 35.7. The number of aliphatic carboxylic acids is 1. The highest BCUT2D eigenvalue weighted by Crippen LogP contribution is 2.18. The summed E-state index contributed by atoms with van der Waals surface area (Å²) in [4.78, 5) is 37.5. The fraction of sp³-hybridized carbons (Fsp3) is 0.776. The number of nitrogens with zero attached hydrogens (tertiary/aromatic N) is 1. The van der Waals surface area contributed by atoms with Crippen molar-refractivity contribution in [3.63, 3.8) is 0 Å². The molecule has 0 rings (SSSR count). The Labute approximate surface area is 525 Å². The topological polar surface area (TPSA) is 111 Å². The minimum absolute atomic E-state index is 0.147. The number of carbonyl (C=O) groups is 3. The molecular weight excluding hydrogens is 1050 g/mol. The summed E-state index contributed by atoms with van der Waals surface area (Å²) in [7, 11) is 5.94. The third kappa shape index (κ3) is 67.8. The molecule has 2 unspecified atom stereocenters. The third-order valence-electron chi connectivity index (χ3n) is 15.6. The summed E-state index contributed by atoms with van der Waals surface area (Å²) in [6.45, 7) is 4.66. The number of likely N-dealkylation sites (N-methyl/N-ethyl adjacent to an activating group) is 1. The number of ether oxygens (including phenoxy) is 4. The summed E-state index contributed by atoms with van der Waals surface area (Å²) < 4.78 is 22.8. The molecule has 0 spiro atoms. The molecule has 85 heavy (non-hydrogen) atoms. The van der Waals surface area contributed by atoms with E-state index in [1.54, 1.807) is 0 Å². The average Bonchev–Trinajstić information content (AvgIpc) is 3.48. The number of rotatable bonds is 66. The summed E-state index contributed by atoms with van der Waals surface area (Å²) in [5.74, 6) is -2.27. The number of hydrogen-bond acceptors (Lipinski definition) is 8. The van der Waals surface area contributed by atoms with Crippen LogP contribution in [-0.2, 0) is 33.3 Å². The first-order chi connectivity index (χ1) is 41.6. The maximum absolute atomic E-state index is 12.9. The van der Waals surface area contributed by atoms with Crippen molar-refractivity contribution in [1.29, 1.82) is 0 Å². The van der Waals surface area contributed by atoms with Crippen LogP contribution in [0.25, 0.3) is 0 Å². The van der Waals surface area contributed by atoms with E-state index in [9.17, 15) is 19.5 Å². The fourth-order valence-electron chi connectivity index (χ4n) is 10.2. The molecule has 0 heterocycles. The second-order valence-corrected chi connectivity index (χ2v) is 25.1. The number of esters is 2. The Morgan fingerprint density at radius 2 is 0.671 bits per heavy atom. The molecule has 9 nitrogen and oxygen atoms in total. The molecule has 0 bridgehead atoms. The predicted octanol–water partition coefficient (Wildman–Crippen LogP) is 20.9. The van der Waals surface area contributed by atoms with Crippen molar-refractivity contribution in [1.82, 2.24) is 0 Å². The quantitative estimate of drug-likeness (QED) is 0.0195. The van der Waals surface area contributed by atoms with Gasteiger partial charge in [0.2, 0.25) is 0 Å². The molecule has 0 aliphatic rings. The van der Waals surface area contributed by atoms with Gasteiger partial charge in [0.15, 0.2) is 12.4 Å². The first kappa shape index (κ1) is 81.5. The van der Waals surface area contributed by atoms with E-state index in [1.165, 1.54) is 218 Å². The van der Waals surface area contributed by atoms with Crippen LogP contribution in [-0.4, -0.2) is 82.3 Å². The van der Waals surface area contributed by atoms with Crippen LogP contribution in [0.3, 0.4) is 0 Å². The molecule has 0 amide bonds. The Balaban J connectivity index is 4.04. The standard InChI is InChI=1S/C76H135NO8/c1-6-8-10-12-14-16-18-20-22-24-26-28-30-31-32-33-34-35-36-37-38-39-40-41-42-43-45-47-49-51-53-55-57-59-61-63-65-67-74(79)85-72(71-84-76(75(80)81)82-69-68-77(3,4)5)70-83-73(78)66-64-62-60-58-56-54-52-50-48-46-44-29-27-25-23-21-19-17-15-13-11-9-7-2/h8,10,14,16,19-22,25-28,31-32,72,76H,6-7,9,11-13,15,17-18,23-24,29-30,33-71H2,1-5H3/b10-8-,16-14-,21-19-,22-20-,27-25-,28-26-,32-31-. The van der Waals surface area contributed by atoms with Crippen LogP contribution in [0.1, 0.15) is 322 Å². The number of allylic oxidation sites excluding steroid dienone is 14. The molecule has 0 aromatic heterocycles. The van der Waals surface area contributed by atoms with Crippen LogP contribution in [0.5, 0.6) is 0 Å². The minimum atomic E-state index is -1.62.